The molecular formula is C23H23ClN4O2. The second-order valence-electron chi connectivity index (χ2n) is 7.27. The van der Waals surface area contributed by atoms with E-state index in [0.717, 1.165) is 28.8 Å². The van der Waals surface area contributed by atoms with Gasteiger partial charge in [-0.2, -0.15) is 5.10 Å². The number of anilines is 1. The lowest BCUT2D eigenvalue weighted by atomic mass is 10.0. The van der Waals surface area contributed by atoms with Gasteiger partial charge in [0, 0.05) is 17.1 Å². The van der Waals surface area contributed by atoms with Gasteiger partial charge in [0.05, 0.1) is 12.1 Å². The first-order chi connectivity index (χ1) is 14.6. The molecule has 0 fully saturated rings. The summed E-state index contributed by atoms with van der Waals surface area (Å²) in [6.45, 7) is 2.55. The van der Waals surface area contributed by atoms with Gasteiger partial charge in [0.2, 0.25) is 5.91 Å². The first kappa shape index (κ1) is 20.2. The van der Waals surface area contributed by atoms with E-state index >= 15 is 0 Å². The second-order valence-corrected chi connectivity index (χ2v) is 7.71. The molecule has 2 amide bonds. The zero-order valence-corrected chi connectivity index (χ0v) is 17.4. The molecule has 0 aliphatic carbocycles. The Hall–Kier alpha value is -3.12. The van der Waals surface area contributed by atoms with Crippen molar-refractivity contribution in [3.8, 4) is 11.1 Å². The van der Waals surface area contributed by atoms with E-state index in [1.54, 1.807) is 4.68 Å². The van der Waals surface area contributed by atoms with Gasteiger partial charge < -0.3 is 10.6 Å². The fourth-order valence-corrected chi connectivity index (χ4v) is 3.85. The van der Waals surface area contributed by atoms with Crippen LogP contribution < -0.4 is 10.6 Å². The highest BCUT2D eigenvalue weighted by atomic mass is 35.5. The minimum Gasteiger partial charge on any atom is -0.356 e. The van der Waals surface area contributed by atoms with Crippen molar-refractivity contribution in [3.05, 3.63) is 70.9 Å². The topological polar surface area (TPSA) is 76.0 Å². The Labute approximate surface area is 180 Å². The number of carbonyl (C=O) groups excluding carboxylic acids is 2. The molecule has 154 valence electrons. The maximum Gasteiger partial charge on any atom is 0.251 e. The number of fused-ring (bicyclic) bond motifs is 1. The van der Waals surface area contributed by atoms with Gasteiger partial charge in [-0.3, -0.25) is 9.59 Å². The van der Waals surface area contributed by atoms with E-state index in [4.69, 9.17) is 11.6 Å². The molecular weight excluding hydrogens is 400 g/mol. The fourth-order valence-electron chi connectivity index (χ4n) is 3.72. The van der Waals surface area contributed by atoms with Crippen molar-refractivity contribution < 1.29 is 9.59 Å². The molecule has 1 unspecified atom stereocenters. The number of carbonyl (C=O) groups is 2. The molecule has 1 atom stereocenters. The van der Waals surface area contributed by atoms with Gasteiger partial charge in [0.15, 0.2) is 0 Å². The lowest BCUT2D eigenvalue weighted by molar-refractivity contribution is -0.126. The third-order valence-corrected chi connectivity index (χ3v) is 5.50. The van der Waals surface area contributed by atoms with Crippen LogP contribution in [0.1, 0.15) is 30.6 Å². The summed E-state index contributed by atoms with van der Waals surface area (Å²) in [5.74, 6) is 0.260. The van der Waals surface area contributed by atoms with Crippen molar-refractivity contribution in [2.24, 2.45) is 0 Å². The summed E-state index contributed by atoms with van der Waals surface area (Å²) in [6, 6.07) is 16.8. The minimum absolute atomic E-state index is 0.0541. The largest absolute Gasteiger partial charge is 0.356 e. The number of benzene rings is 2. The van der Waals surface area contributed by atoms with Crippen LogP contribution in [0, 0.1) is 0 Å². The maximum absolute atomic E-state index is 12.6. The Morgan fingerprint density at radius 2 is 1.90 bits per heavy atom. The Bertz CT molecular complexity index is 1060. The van der Waals surface area contributed by atoms with Gasteiger partial charge in [0.1, 0.15) is 11.9 Å². The van der Waals surface area contributed by atoms with Gasteiger partial charge >= 0.3 is 0 Å². The number of aryl methyl sites for hydroxylation is 1. The molecule has 1 aliphatic heterocycles. The van der Waals surface area contributed by atoms with Crippen molar-refractivity contribution >= 4 is 29.2 Å². The Balaban J connectivity index is 1.48. The van der Waals surface area contributed by atoms with Crippen LogP contribution in [0.15, 0.2) is 54.6 Å². The summed E-state index contributed by atoms with van der Waals surface area (Å²) in [7, 11) is 0. The molecule has 0 spiro atoms. The van der Waals surface area contributed by atoms with Crippen LogP contribution in [0.3, 0.4) is 0 Å². The number of nitrogens with zero attached hydrogens (tertiary/aromatic N) is 2. The first-order valence-electron chi connectivity index (χ1n) is 10.1. The standard InChI is InChI=1S/C23H23ClN4O2/c1-2-18-21(16-8-10-17(24)11-9-16)22-26-23(30)19(28(22)27-18)14-20(29)25-13-12-15-6-4-3-5-7-15/h3-11,19H,2,12-14H2,1H3,(H,25,29)(H,26,30). The van der Waals surface area contributed by atoms with E-state index in [-0.39, 0.29) is 18.2 Å². The SMILES string of the molecule is CCc1nn2c(c1-c1ccc(Cl)cc1)NC(=O)C2CC(=O)NCCc1ccccc1. The van der Waals surface area contributed by atoms with Gasteiger partial charge in [-0.15, -0.1) is 0 Å². The van der Waals surface area contributed by atoms with Crippen molar-refractivity contribution in [2.45, 2.75) is 32.2 Å². The molecule has 2 heterocycles. The lowest BCUT2D eigenvalue weighted by Gasteiger charge is -2.10. The number of nitrogens with one attached hydrogen (secondary N) is 2. The van der Waals surface area contributed by atoms with Crippen LogP contribution in [-0.2, 0) is 22.4 Å². The van der Waals surface area contributed by atoms with Crippen molar-refractivity contribution in [1.82, 2.24) is 15.1 Å². The summed E-state index contributed by atoms with van der Waals surface area (Å²) in [6.07, 6.45) is 1.51. The summed E-state index contributed by atoms with van der Waals surface area (Å²) in [5, 5.41) is 11.1. The predicted octanol–water partition coefficient (Wildman–Crippen LogP) is 4.01. The highest BCUT2D eigenvalue weighted by molar-refractivity contribution is 6.30. The van der Waals surface area contributed by atoms with E-state index in [1.165, 1.54) is 0 Å². The molecule has 2 aromatic carbocycles. The van der Waals surface area contributed by atoms with Gasteiger partial charge in [-0.25, -0.2) is 4.68 Å². The Morgan fingerprint density at radius 1 is 1.17 bits per heavy atom. The molecule has 30 heavy (non-hydrogen) atoms. The third kappa shape index (κ3) is 4.09. The summed E-state index contributed by atoms with van der Waals surface area (Å²) in [4.78, 5) is 25.1. The van der Waals surface area contributed by atoms with Crippen LogP contribution in [0.5, 0.6) is 0 Å². The Morgan fingerprint density at radius 3 is 2.60 bits per heavy atom. The molecule has 4 rings (SSSR count). The van der Waals surface area contributed by atoms with Gasteiger partial charge in [-0.1, -0.05) is 61.0 Å². The number of hydrogen-bond acceptors (Lipinski definition) is 3. The number of hydrogen-bond donors (Lipinski definition) is 2. The number of aromatic nitrogens is 2. The summed E-state index contributed by atoms with van der Waals surface area (Å²) < 4.78 is 1.65. The average Bonchev–Trinajstić information content (AvgIpc) is 3.25. The normalized spacial score (nSPS) is 15.0. The van der Waals surface area contributed by atoms with Crippen LogP contribution in [0.2, 0.25) is 5.02 Å². The van der Waals surface area contributed by atoms with E-state index in [1.807, 2.05) is 61.5 Å². The van der Waals surface area contributed by atoms with Crippen LogP contribution in [-0.4, -0.2) is 28.1 Å². The van der Waals surface area contributed by atoms with Crippen LogP contribution in [0.4, 0.5) is 5.82 Å². The molecule has 1 aliphatic rings. The summed E-state index contributed by atoms with van der Waals surface area (Å²) >= 11 is 6.01. The number of rotatable bonds is 7. The minimum atomic E-state index is -0.650. The van der Waals surface area contributed by atoms with Crippen molar-refractivity contribution in [1.29, 1.82) is 0 Å². The van der Waals surface area contributed by atoms with E-state index in [0.29, 0.717) is 23.8 Å². The summed E-state index contributed by atoms with van der Waals surface area (Å²) in [5.41, 5.74) is 3.85. The van der Waals surface area contributed by atoms with Crippen molar-refractivity contribution in [3.63, 3.8) is 0 Å². The first-order valence-corrected chi connectivity index (χ1v) is 10.4. The second kappa shape index (κ2) is 8.71. The van der Waals surface area contributed by atoms with E-state index < -0.39 is 6.04 Å². The van der Waals surface area contributed by atoms with Crippen LogP contribution >= 0.6 is 11.6 Å². The molecule has 0 saturated carbocycles. The fraction of sp³-hybridized carbons (Fsp3) is 0.261. The number of amides is 2. The molecule has 6 nitrogen and oxygen atoms in total. The van der Waals surface area contributed by atoms with Gasteiger partial charge in [0.25, 0.3) is 5.91 Å². The average molecular weight is 423 g/mol. The zero-order chi connectivity index (χ0) is 21.1. The molecule has 0 bridgehead atoms. The van der Waals surface area contributed by atoms with E-state index in [2.05, 4.69) is 15.7 Å². The monoisotopic (exact) mass is 422 g/mol. The molecule has 1 aromatic heterocycles. The van der Waals surface area contributed by atoms with Crippen molar-refractivity contribution in [2.75, 3.05) is 11.9 Å². The zero-order valence-electron chi connectivity index (χ0n) is 16.7. The smallest absolute Gasteiger partial charge is 0.251 e. The lowest BCUT2D eigenvalue weighted by Crippen LogP contribution is -2.30. The van der Waals surface area contributed by atoms with E-state index in [9.17, 15) is 9.59 Å². The molecule has 0 saturated heterocycles. The maximum atomic E-state index is 12.6. The molecule has 0 radical (unpaired) electrons. The third-order valence-electron chi connectivity index (χ3n) is 5.25. The quantitative estimate of drug-likeness (QED) is 0.604. The molecule has 7 heteroatoms. The Kier molecular flexibility index (Phi) is 5.86. The molecule has 3 aromatic rings. The number of halogens is 1. The van der Waals surface area contributed by atoms with Gasteiger partial charge in [-0.05, 0) is 36.1 Å². The van der Waals surface area contributed by atoms with Crippen LogP contribution in [0.25, 0.3) is 11.1 Å². The highest BCUT2D eigenvalue weighted by Crippen LogP contribution is 2.39. The predicted molar refractivity (Wildman–Crippen MR) is 117 cm³/mol. The molecule has 2 N–H and O–H groups in total. The highest BCUT2D eigenvalue weighted by Gasteiger charge is 2.36.